The Labute approximate surface area is 191 Å². The number of hydrogen-bond acceptors (Lipinski definition) is 8. The van der Waals surface area contributed by atoms with Crippen LogP contribution in [0.15, 0.2) is 24.3 Å². The molecule has 0 bridgehead atoms. The van der Waals surface area contributed by atoms with Gasteiger partial charge in [-0.3, -0.25) is 0 Å². The maximum Gasteiger partial charge on any atom is 0.390 e. The van der Waals surface area contributed by atoms with Gasteiger partial charge in [-0.25, -0.2) is 9.59 Å². The summed E-state index contributed by atoms with van der Waals surface area (Å²) in [6.07, 6.45) is -5.36. The molecule has 0 saturated carbocycles. The van der Waals surface area contributed by atoms with Gasteiger partial charge in [0, 0.05) is 30.8 Å². The zero-order valence-corrected chi connectivity index (χ0v) is 17.6. The van der Waals surface area contributed by atoms with Crippen LogP contribution < -0.4 is 30.0 Å². The third kappa shape index (κ3) is 6.27. The lowest BCUT2D eigenvalue weighted by atomic mass is 10.1. The Kier molecular flexibility index (Phi) is 7.44. The van der Waals surface area contributed by atoms with Gasteiger partial charge < -0.3 is 40.2 Å². The molecule has 13 heteroatoms. The molecule has 0 aromatic heterocycles. The molecule has 0 radical (unpaired) electrons. The lowest BCUT2D eigenvalue weighted by molar-refractivity contribution is -0.131. The third-order valence-electron chi connectivity index (χ3n) is 4.58. The highest BCUT2D eigenvalue weighted by atomic mass is 19.4. The number of carboxylic acid groups (broad SMARTS) is 2. The van der Waals surface area contributed by atoms with Crippen molar-refractivity contribution in [3.8, 4) is 23.0 Å². The number of anilines is 2. The van der Waals surface area contributed by atoms with Gasteiger partial charge in [0.25, 0.3) is 0 Å². The number of rotatable bonds is 5. The van der Waals surface area contributed by atoms with Gasteiger partial charge >= 0.3 is 18.1 Å². The second kappa shape index (κ2) is 10.3. The fourth-order valence-electron chi connectivity index (χ4n) is 3.04. The summed E-state index contributed by atoms with van der Waals surface area (Å²) in [6.45, 7) is 1.08. The van der Waals surface area contributed by atoms with Crippen molar-refractivity contribution in [1.82, 2.24) is 0 Å². The maximum atomic E-state index is 12.1. The van der Waals surface area contributed by atoms with Gasteiger partial charge in [0.1, 0.15) is 26.4 Å². The quantitative estimate of drug-likeness (QED) is 0.464. The van der Waals surface area contributed by atoms with Crippen LogP contribution in [0.2, 0.25) is 0 Å². The van der Waals surface area contributed by atoms with Crippen LogP contribution in [0.3, 0.4) is 0 Å². The van der Waals surface area contributed by atoms with Crippen LogP contribution in [-0.2, 0) is 0 Å². The average molecular weight is 486 g/mol. The summed E-state index contributed by atoms with van der Waals surface area (Å²) in [5, 5.41) is 20.3. The summed E-state index contributed by atoms with van der Waals surface area (Å²) in [7, 11) is 0. The SMILES string of the molecule is Nc1cc2c(cc1C(=O)O)OCCO2.O=C(O)c1cc2c(cc1NCCC(F)(F)F)OCCO2. The van der Waals surface area contributed by atoms with E-state index in [2.05, 4.69) is 5.32 Å². The fourth-order valence-corrected chi connectivity index (χ4v) is 3.04. The molecule has 184 valence electrons. The molecule has 5 N–H and O–H groups in total. The Bertz CT molecular complexity index is 1070. The Morgan fingerprint density at radius 1 is 0.824 bits per heavy atom. The number of hydrogen-bond donors (Lipinski definition) is 4. The van der Waals surface area contributed by atoms with Gasteiger partial charge in [-0.1, -0.05) is 0 Å². The fraction of sp³-hybridized carbons (Fsp3) is 0.333. The van der Waals surface area contributed by atoms with Crippen molar-refractivity contribution in [3.63, 3.8) is 0 Å². The van der Waals surface area contributed by atoms with Crippen LogP contribution in [0.4, 0.5) is 24.5 Å². The number of carbonyl (C=O) groups is 2. The largest absolute Gasteiger partial charge is 0.486 e. The summed E-state index contributed by atoms with van der Waals surface area (Å²) in [5.74, 6) is -0.802. The molecule has 0 spiro atoms. The molecule has 4 rings (SSSR count). The van der Waals surface area contributed by atoms with Crippen molar-refractivity contribution in [3.05, 3.63) is 35.4 Å². The number of nitrogen functional groups attached to an aromatic ring is 1. The van der Waals surface area contributed by atoms with Crippen molar-refractivity contribution in [2.75, 3.05) is 44.0 Å². The monoisotopic (exact) mass is 486 g/mol. The molecule has 0 atom stereocenters. The van der Waals surface area contributed by atoms with Gasteiger partial charge in [-0.2, -0.15) is 13.2 Å². The van der Waals surface area contributed by atoms with E-state index in [4.69, 9.17) is 34.9 Å². The minimum atomic E-state index is -4.30. The number of halogens is 3. The predicted octanol–water partition coefficient (Wildman–Crippen LogP) is 3.26. The Hall–Kier alpha value is -4.03. The molecule has 2 aromatic rings. The molecule has 2 aliphatic rings. The molecule has 0 unspecified atom stereocenters. The number of nitrogens with one attached hydrogen (secondary N) is 1. The minimum Gasteiger partial charge on any atom is -0.486 e. The molecule has 2 aliphatic heterocycles. The standard InChI is InChI=1S/C12H12F3NO4.C9H9NO4/c13-12(14,15)1-2-16-8-6-10-9(19-3-4-20-10)5-7(8)11(17)18;10-6-4-8-7(13-1-2-14-8)3-5(6)9(11)12/h5-6,16H,1-4H2,(H,17,18);3-4H,1-2,10H2,(H,11,12). The highest BCUT2D eigenvalue weighted by Gasteiger charge is 2.27. The number of benzene rings is 2. The zero-order valence-electron chi connectivity index (χ0n) is 17.6. The number of carboxylic acids is 2. The molecule has 0 aliphatic carbocycles. The highest BCUT2D eigenvalue weighted by Crippen LogP contribution is 2.36. The number of ether oxygens (including phenoxy) is 4. The maximum absolute atomic E-state index is 12.1. The van der Waals surface area contributed by atoms with Crippen molar-refractivity contribution in [1.29, 1.82) is 0 Å². The van der Waals surface area contributed by atoms with Gasteiger partial charge in [0.15, 0.2) is 23.0 Å². The first-order valence-corrected chi connectivity index (χ1v) is 9.95. The first kappa shape index (κ1) is 24.6. The predicted molar refractivity (Wildman–Crippen MR) is 112 cm³/mol. The van der Waals surface area contributed by atoms with E-state index in [1.54, 1.807) is 0 Å². The topological polar surface area (TPSA) is 150 Å². The number of aromatic carboxylic acids is 2. The van der Waals surface area contributed by atoms with Crippen LogP contribution in [0.5, 0.6) is 23.0 Å². The molecular weight excluding hydrogens is 465 g/mol. The zero-order chi connectivity index (χ0) is 24.9. The summed E-state index contributed by atoms with van der Waals surface area (Å²) in [4.78, 5) is 21.8. The van der Waals surface area contributed by atoms with E-state index < -0.39 is 31.1 Å². The van der Waals surface area contributed by atoms with Crippen LogP contribution >= 0.6 is 0 Å². The van der Waals surface area contributed by atoms with Crippen molar-refractivity contribution < 1.29 is 51.9 Å². The molecular formula is C21H21F3N2O8. The molecule has 0 fully saturated rings. The summed E-state index contributed by atoms with van der Waals surface area (Å²) in [6, 6.07) is 5.44. The molecule has 34 heavy (non-hydrogen) atoms. The van der Waals surface area contributed by atoms with Crippen molar-refractivity contribution in [2.45, 2.75) is 12.6 Å². The van der Waals surface area contributed by atoms with Crippen LogP contribution in [-0.4, -0.2) is 61.3 Å². The average Bonchev–Trinajstić information content (AvgIpc) is 2.77. The molecule has 2 heterocycles. The summed E-state index contributed by atoms with van der Waals surface area (Å²) < 4.78 is 57.2. The van der Waals surface area contributed by atoms with Crippen molar-refractivity contribution >= 4 is 23.3 Å². The van der Waals surface area contributed by atoms with Crippen LogP contribution in [0, 0.1) is 0 Å². The minimum absolute atomic E-state index is 0.0363. The number of alkyl halides is 3. The normalized spacial score (nSPS) is 13.9. The van der Waals surface area contributed by atoms with E-state index in [-0.39, 0.29) is 28.3 Å². The van der Waals surface area contributed by atoms with Gasteiger partial charge in [0.05, 0.1) is 28.9 Å². The van der Waals surface area contributed by atoms with E-state index in [1.165, 1.54) is 24.3 Å². The van der Waals surface area contributed by atoms with Crippen LogP contribution in [0.1, 0.15) is 27.1 Å². The lowest BCUT2D eigenvalue weighted by Gasteiger charge is -2.20. The second-order valence-electron chi connectivity index (χ2n) is 7.03. The lowest BCUT2D eigenvalue weighted by Crippen LogP contribution is -2.18. The third-order valence-corrected chi connectivity index (χ3v) is 4.58. The first-order chi connectivity index (χ1) is 16.0. The summed E-state index contributed by atoms with van der Waals surface area (Å²) >= 11 is 0. The Balaban J connectivity index is 0.000000202. The second-order valence-corrected chi connectivity index (χ2v) is 7.03. The summed E-state index contributed by atoms with van der Waals surface area (Å²) in [5.41, 5.74) is 5.67. The van der Waals surface area contributed by atoms with E-state index in [0.717, 1.165) is 0 Å². The molecule has 10 nitrogen and oxygen atoms in total. The van der Waals surface area contributed by atoms with Crippen LogP contribution in [0.25, 0.3) is 0 Å². The van der Waals surface area contributed by atoms with E-state index in [1.807, 2.05) is 0 Å². The first-order valence-electron chi connectivity index (χ1n) is 9.95. The molecule has 0 saturated heterocycles. The smallest absolute Gasteiger partial charge is 0.390 e. The van der Waals surface area contributed by atoms with Gasteiger partial charge in [-0.05, 0) is 0 Å². The Morgan fingerprint density at radius 2 is 1.26 bits per heavy atom. The highest BCUT2D eigenvalue weighted by molar-refractivity contribution is 5.95. The molecule has 0 amide bonds. The molecule has 2 aromatic carbocycles. The number of nitrogens with two attached hydrogens (primary N) is 1. The number of fused-ring (bicyclic) bond motifs is 2. The van der Waals surface area contributed by atoms with E-state index in [0.29, 0.717) is 43.7 Å². The Morgan fingerprint density at radius 3 is 1.74 bits per heavy atom. The van der Waals surface area contributed by atoms with E-state index in [9.17, 15) is 22.8 Å². The van der Waals surface area contributed by atoms with Gasteiger partial charge in [-0.15, -0.1) is 0 Å². The van der Waals surface area contributed by atoms with Crippen molar-refractivity contribution in [2.24, 2.45) is 0 Å². The van der Waals surface area contributed by atoms with Gasteiger partial charge in [0.2, 0.25) is 0 Å². The van der Waals surface area contributed by atoms with E-state index >= 15 is 0 Å².